The zero-order valence-electron chi connectivity index (χ0n) is 10.5. The van der Waals surface area contributed by atoms with Gasteiger partial charge in [0.05, 0.1) is 0 Å². The first kappa shape index (κ1) is 11.6. The van der Waals surface area contributed by atoms with Crippen LogP contribution in [0.5, 0.6) is 0 Å². The van der Waals surface area contributed by atoms with E-state index in [1.54, 1.807) is 0 Å². The van der Waals surface area contributed by atoms with Crippen molar-refractivity contribution in [2.75, 3.05) is 13.1 Å². The molecule has 1 heterocycles. The summed E-state index contributed by atoms with van der Waals surface area (Å²) >= 11 is 0. The van der Waals surface area contributed by atoms with E-state index in [4.69, 9.17) is 5.73 Å². The molecule has 1 aromatic carbocycles. The summed E-state index contributed by atoms with van der Waals surface area (Å²) in [5, 5.41) is 6.01. The van der Waals surface area contributed by atoms with Crippen LogP contribution >= 0.6 is 0 Å². The number of hydrogen-bond donors (Lipinski definition) is 2. The Kier molecular flexibility index (Phi) is 3.26. The number of nitrogens with one attached hydrogen (secondary N) is 1. The Morgan fingerprint density at radius 2 is 2.11 bits per heavy atom. The highest BCUT2D eigenvalue weighted by Crippen LogP contribution is 2.29. The van der Waals surface area contributed by atoms with Crippen LogP contribution in [0, 0.1) is 5.92 Å². The first-order valence-electron chi connectivity index (χ1n) is 6.64. The molecule has 3 heteroatoms. The first-order chi connectivity index (χ1) is 8.88. The van der Waals surface area contributed by atoms with Gasteiger partial charge in [-0.2, -0.15) is 0 Å². The molecule has 18 heavy (non-hydrogen) atoms. The second kappa shape index (κ2) is 5.04. The van der Waals surface area contributed by atoms with E-state index in [9.17, 15) is 0 Å². The molecule has 94 valence electrons. The van der Waals surface area contributed by atoms with E-state index in [0.717, 1.165) is 12.5 Å². The van der Waals surface area contributed by atoms with Crippen molar-refractivity contribution in [3.8, 4) is 0 Å². The van der Waals surface area contributed by atoms with Crippen molar-refractivity contribution in [1.29, 1.82) is 0 Å². The van der Waals surface area contributed by atoms with E-state index in [0.29, 0.717) is 6.54 Å². The fourth-order valence-corrected chi connectivity index (χ4v) is 2.37. The quantitative estimate of drug-likeness (QED) is 0.844. The van der Waals surface area contributed by atoms with Crippen LogP contribution in [-0.2, 0) is 0 Å². The normalized spacial score (nSPS) is 16.9. The van der Waals surface area contributed by atoms with Gasteiger partial charge in [-0.15, -0.1) is 0 Å². The lowest BCUT2D eigenvalue weighted by Gasteiger charge is -2.18. The van der Waals surface area contributed by atoms with E-state index >= 15 is 0 Å². The van der Waals surface area contributed by atoms with E-state index < -0.39 is 0 Å². The number of pyridine rings is 1. The zero-order chi connectivity index (χ0) is 12.4. The molecule has 0 saturated heterocycles. The fourth-order valence-electron chi connectivity index (χ4n) is 2.37. The molecule has 0 spiro atoms. The molecule has 1 fully saturated rings. The van der Waals surface area contributed by atoms with Crippen molar-refractivity contribution in [3.05, 3.63) is 42.2 Å². The van der Waals surface area contributed by atoms with Gasteiger partial charge >= 0.3 is 0 Å². The Morgan fingerprint density at radius 1 is 1.28 bits per heavy atom. The van der Waals surface area contributed by atoms with Crippen molar-refractivity contribution < 1.29 is 0 Å². The van der Waals surface area contributed by atoms with Gasteiger partial charge < -0.3 is 11.1 Å². The standard InChI is InChI=1S/C15H19N3/c16-7-15(18-8-11-5-6-11)14-10-17-9-12-3-1-2-4-13(12)14/h1-4,9-11,15,18H,5-8,16H2. The van der Waals surface area contributed by atoms with Crippen LogP contribution < -0.4 is 11.1 Å². The smallest absolute Gasteiger partial charge is 0.0466 e. The van der Waals surface area contributed by atoms with Crippen molar-refractivity contribution in [2.24, 2.45) is 11.7 Å². The number of rotatable bonds is 5. The van der Waals surface area contributed by atoms with Crippen molar-refractivity contribution in [2.45, 2.75) is 18.9 Å². The molecule has 1 unspecified atom stereocenters. The van der Waals surface area contributed by atoms with Crippen molar-refractivity contribution >= 4 is 10.8 Å². The molecule has 2 aromatic rings. The number of hydrogen-bond acceptors (Lipinski definition) is 3. The lowest BCUT2D eigenvalue weighted by molar-refractivity contribution is 0.524. The summed E-state index contributed by atoms with van der Waals surface area (Å²) in [7, 11) is 0. The van der Waals surface area contributed by atoms with Gasteiger partial charge in [-0.1, -0.05) is 24.3 Å². The average Bonchev–Trinajstić information content (AvgIpc) is 3.24. The van der Waals surface area contributed by atoms with E-state index in [-0.39, 0.29) is 6.04 Å². The van der Waals surface area contributed by atoms with Gasteiger partial charge in [-0.3, -0.25) is 4.98 Å². The molecule has 0 amide bonds. The molecular weight excluding hydrogens is 222 g/mol. The van der Waals surface area contributed by atoms with Gasteiger partial charge in [0.15, 0.2) is 0 Å². The van der Waals surface area contributed by atoms with Crippen molar-refractivity contribution in [3.63, 3.8) is 0 Å². The highest BCUT2D eigenvalue weighted by atomic mass is 14.9. The van der Waals surface area contributed by atoms with Gasteiger partial charge in [0.25, 0.3) is 0 Å². The Labute approximate surface area is 107 Å². The summed E-state index contributed by atoms with van der Waals surface area (Å²) < 4.78 is 0. The third-order valence-corrected chi connectivity index (χ3v) is 3.66. The number of nitrogens with zero attached hydrogens (tertiary/aromatic N) is 1. The minimum absolute atomic E-state index is 0.212. The summed E-state index contributed by atoms with van der Waals surface area (Å²) in [4.78, 5) is 4.33. The van der Waals surface area contributed by atoms with Crippen LogP contribution in [-0.4, -0.2) is 18.1 Å². The van der Waals surface area contributed by atoms with Gasteiger partial charge in [0.2, 0.25) is 0 Å². The van der Waals surface area contributed by atoms with E-state index in [1.807, 2.05) is 18.5 Å². The van der Waals surface area contributed by atoms with Crippen LogP contribution in [0.4, 0.5) is 0 Å². The largest absolute Gasteiger partial charge is 0.329 e. The van der Waals surface area contributed by atoms with Gasteiger partial charge in [-0.05, 0) is 36.3 Å². The second-order valence-corrected chi connectivity index (χ2v) is 5.09. The minimum Gasteiger partial charge on any atom is -0.329 e. The Morgan fingerprint density at radius 3 is 2.89 bits per heavy atom. The lowest BCUT2D eigenvalue weighted by Crippen LogP contribution is -2.30. The molecule has 3 nitrogen and oxygen atoms in total. The number of benzene rings is 1. The molecule has 1 aromatic heterocycles. The molecule has 3 rings (SSSR count). The predicted octanol–water partition coefficient (Wildman–Crippen LogP) is 2.23. The molecule has 0 radical (unpaired) electrons. The molecule has 1 aliphatic rings. The Bertz CT molecular complexity index is 529. The third-order valence-electron chi connectivity index (χ3n) is 3.66. The highest BCUT2D eigenvalue weighted by molar-refractivity contribution is 5.85. The number of aromatic nitrogens is 1. The predicted molar refractivity (Wildman–Crippen MR) is 74.3 cm³/mol. The lowest BCUT2D eigenvalue weighted by atomic mass is 10.0. The third kappa shape index (κ3) is 2.37. The highest BCUT2D eigenvalue weighted by Gasteiger charge is 2.22. The van der Waals surface area contributed by atoms with Crippen LogP contribution in [0.15, 0.2) is 36.7 Å². The molecule has 0 aliphatic heterocycles. The maximum atomic E-state index is 5.91. The molecule has 0 bridgehead atoms. The van der Waals surface area contributed by atoms with Crippen LogP contribution in [0.2, 0.25) is 0 Å². The van der Waals surface area contributed by atoms with E-state index in [1.165, 1.54) is 29.2 Å². The minimum atomic E-state index is 0.212. The maximum Gasteiger partial charge on any atom is 0.0466 e. The van der Waals surface area contributed by atoms with Crippen LogP contribution in [0.25, 0.3) is 10.8 Å². The van der Waals surface area contributed by atoms with Gasteiger partial charge in [0, 0.05) is 30.4 Å². The SMILES string of the molecule is NCC(NCC1CC1)c1cncc2ccccc12. The first-order valence-corrected chi connectivity index (χ1v) is 6.64. The van der Waals surface area contributed by atoms with Crippen molar-refractivity contribution in [1.82, 2.24) is 10.3 Å². The summed E-state index contributed by atoms with van der Waals surface area (Å²) in [6.45, 7) is 1.69. The molecule has 3 N–H and O–H groups in total. The maximum absolute atomic E-state index is 5.91. The van der Waals surface area contributed by atoms with Crippen LogP contribution in [0.3, 0.4) is 0 Å². The zero-order valence-corrected chi connectivity index (χ0v) is 10.5. The summed E-state index contributed by atoms with van der Waals surface area (Å²) in [5.41, 5.74) is 7.13. The molecule has 1 atom stereocenters. The van der Waals surface area contributed by atoms with Gasteiger partial charge in [0.1, 0.15) is 0 Å². The molecule has 1 aliphatic carbocycles. The summed E-state index contributed by atoms with van der Waals surface area (Å²) in [6, 6.07) is 8.57. The topological polar surface area (TPSA) is 50.9 Å². The number of fused-ring (bicyclic) bond motifs is 1. The average molecular weight is 241 g/mol. The van der Waals surface area contributed by atoms with Crippen LogP contribution in [0.1, 0.15) is 24.4 Å². The Hall–Kier alpha value is -1.45. The monoisotopic (exact) mass is 241 g/mol. The number of nitrogens with two attached hydrogens (primary N) is 1. The molecular formula is C15H19N3. The summed E-state index contributed by atoms with van der Waals surface area (Å²) in [6.07, 6.45) is 6.57. The Balaban J connectivity index is 1.89. The van der Waals surface area contributed by atoms with E-state index in [2.05, 4.69) is 28.5 Å². The molecule has 1 saturated carbocycles. The second-order valence-electron chi connectivity index (χ2n) is 5.09. The fraction of sp³-hybridized carbons (Fsp3) is 0.400. The van der Waals surface area contributed by atoms with Gasteiger partial charge in [-0.25, -0.2) is 0 Å². The summed E-state index contributed by atoms with van der Waals surface area (Å²) in [5.74, 6) is 0.863.